The van der Waals surface area contributed by atoms with Gasteiger partial charge in [-0.3, -0.25) is 9.53 Å². The van der Waals surface area contributed by atoms with E-state index < -0.39 is 18.5 Å². The summed E-state index contributed by atoms with van der Waals surface area (Å²) in [6.45, 7) is 1.72. The first-order valence-corrected chi connectivity index (χ1v) is 4.58. The van der Waals surface area contributed by atoms with Crippen LogP contribution >= 0.6 is 0 Å². The van der Waals surface area contributed by atoms with Crippen LogP contribution in [0.15, 0.2) is 0 Å². The number of carbonyl (C=O) groups excluding carboxylic acids is 1. The van der Waals surface area contributed by atoms with Crippen molar-refractivity contribution in [2.75, 3.05) is 13.1 Å². The molecule has 1 aliphatic rings. The predicted octanol–water partition coefficient (Wildman–Crippen LogP) is 0.471. The molecule has 0 aromatic heterocycles. The highest BCUT2D eigenvalue weighted by molar-refractivity contribution is 5.81. The van der Waals surface area contributed by atoms with Crippen molar-refractivity contribution >= 4 is 5.91 Å². The van der Waals surface area contributed by atoms with Crippen LogP contribution in [0.1, 0.15) is 13.3 Å². The Kier molecular flexibility index (Phi) is 3.56. The summed E-state index contributed by atoms with van der Waals surface area (Å²) in [5.74, 6) is -0.344. The molecule has 0 saturated carbocycles. The third kappa shape index (κ3) is 3.67. The average Bonchev–Trinajstić information content (AvgIpc) is 2.48. The van der Waals surface area contributed by atoms with Gasteiger partial charge in [0.2, 0.25) is 5.91 Å². The molecule has 1 unspecified atom stereocenters. The molecule has 88 valence electrons. The SMILES string of the molecule is C[C@@H](N)C(=O)N1CCC(OC(F)(F)F)C1. The van der Waals surface area contributed by atoms with E-state index in [2.05, 4.69) is 4.74 Å². The summed E-state index contributed by atoms with van der Waals surface area (Å²) in [7, 11) is 0. The molecule has 0 bridgehead atoms. The van der Waals surface area contributed by atoms with E-state index in [9.17, 15) is 18.0 Å². The lowest BCUT2D eigenvalue weighted by molar-refractivity contribution is -0.340. The number of nitrogens with zero attached hydrogens (tertiary/aromatic N) is 1. The van der Waals surface area contributed by atoms with Crippen molar-refractivity contribution in [3.05, 3.63) is 0 Å². The standard InChI is InChI=1S/C8H13F3N2O2/c1-5(12)7(14)13-3-2-6(4-13)15-8(9,10)11/h5-6H,2-4,12H2,1H3/t5-,6?/m1/s1. The van der Waals surface area contributed by atoms with E-state index in [1.165, 1.54) is 11.8 Å². The Balaban J connectivity index is 2.43. The van der Waals surface area contributed by atoms with Crippen molar-refractivity contribution in [2.24, 2.45) is 5.73 Å². The fourth-order valence-electron chi connectivity index (χ4n) is 1.50. The maximum atomic E-state index is 11.8. The first-order chi connectivity index (χ1) is 6.79. The van der Waals surface area contributed by atoms with Crippen molar-refractivity contribution < 1.29 is 22.7 Å². The summed E-state index contributed by atoms with van der Waals surface area (Å²) < 4.78 is 39.4. The summed E-state index contributed by atoms with van der Waals surface area (Å²) in [4.78, 5) is 12.6. The van der Waals surface area contributed by atoms with Crippen LogP contribution in [0, 0.1) is 0 Å². The number of rotatable bonds is 2. The molecule has 0 aromatic rings. The van der Waals surface area contributed by atoms with Crippen molar-refractivity contribution in [3.8, 4) is 0 Å². The van der Waals surface area contributed by atoms with Gasteiger partial charge in [0, 0.05) is 13.1 Å². The lowest BCUT2D eigenvalue weighted by atomic mass is 10.3. The molecule has 0 aliphatic carbocycles. The molecule has 1 fully saturated rings. The maximum absolute atomic E-state index is 11.8. The highest BCUT2D eigenvalue weighted by Crippen LogP contribution is 2.23. The number of hydrogen-bond donors (Lipinski definition) is 1. The Morgan fingerprint density at radius 2 is 2.20 bits per heavy atom. The van der Waals surface area contributed by atoms with E-state index in [1.807, 2.05) is 0 Å². The van der Waals surface area contributed by atoms with E-state index in [-0.39, 0.29) is 25.4 Å². The van der Waals surface area contributed by atoms with Gasteiger partial charge >= 0.3 is 6.36 Å². The Hall–Kier alpha value is -0.820. The first kappa shape index (κ1) is 12.3. The van der Waals surface area contributed by atoms with Crippen LogP contribution in [0.3, 0.4) is 0 Å². The quantitative estimate of drug-likeness (QED) is 0.744. The molecular formula is C8H13F3N2O2. The summed E-state index contributed by atoms with van der Waals surface area (Å²) in [6.07, 6.45) is -5.41. The number of hydrogen-bond acceptors (Lipinski definition) is 3. The molecule has 1 amide bonds. The normalized spacial score (nSPS) is 24.3. The Morgan fingerprint density at radius 3 is 2.67 bits per heavy atom. The lowest BCUT2D eigenvalue weighted by Crippen LogP contribution is -2.41. The second-order valence-corrected chi connectivity index (χ2v) is 3.55. The average molecular weight is 226 g/mol. The van der Waals surface area contributed by atoms with Crippen LogP contribution in [0.25, 0.3) is 0 Å². The number of likely N-dealkylation sites (tertiary alicyclic amines) is 1. The lowest BCUT2D eigenvalue weighted by Gasteiger charge is -2.19. The van der Waals surface area contributed by atoms with Crippen LogP contribution in [0.4, 0.5) is 13.2 Å². The molecule has 1 saturated heterocycles. The van der Waals surface area contributed by atoms with Gasteiger partial charge in [-0.25, -0.2) is 0 Å². The van der Waals surface area contributed by atoms with Gasteiger partial charge in [0.25, 0.3) is 0 Å². The number of nitrogens with two attached hydrogens (primary N) is 1. The van der Waals surface area contributed by atoms with Crippen LogP contribution in [0.2, 0.25) is 0 Å². The highest BCUT2D eigenvalue weighted by Gasteiger charge is 2.37. The second-order valence-electron chi connectivity index (χ2n) is 3.55. The van der Waals surface area contributed by atoms with Gasteiger partial charge in [0.1, 0.15) is 0 Å². The molecule has 4 nitrogen and oxygen atoms in total. The predicted molar refractivity (Wildman–Crippen MR) is 45.8 cm³/mol. The maximum Gasteiger partial charge on any atom is 0.522 e. The van der Waals surface area contributed by atoms with Crippen molar-refractivity contribution in [3.63, 3.8) is 0 Å². The zero-order valence-corrected chi connectivity index (χ0v) is 8.25. The zero-order chi connectivity index (χ0) is 11.6. The number of halogens is 3. The minimum Gasteiger partial charge on any atom is -0.339 e. The van der Waals surface area contributed by atoms with E-state index in [0.29, 0.717) is 0 Å². The molecule has 0 spiro atoms. The Morgan fingerprint density at radius 1 is 1.60 bits per heavy atom. The fraction of sp³-hybridized carbons (Fsp3) is 0.875. The summed E-state index contributed by atoms with van der Waals surface area (Å²) in [5.41, 5.74) is 5.33. The van der Waals surface area contributed by atoms with Gasteiger partial charge in [0.05, 0.1) is 12.1 Å². The van der Waals surface area contributed by atoms with Gasteiger partial charge in [-0.15, -0.1) is 13.2 Å². The summed E-state index contributed by atoms with van der Waals surface area (Å²) >= 11 is 0. The minimum atomic E-state index is -4.64. The monoisotopic (exact) mass is 226 g/mol. The summed E-state index contributed by atoms with van der Waals surface area (Å²) in [5, 5.41) is 0. The third-order valence-electron chi connectivity index (χ3n) is 2.15. The Bertz CT molecular complexity index is 243. The number of alkyl halides is 3. The van der Waals surface area contributed by atoms with E-state index in [1.54, 1.807) is 0 Å². The molecule has 1 rings (SSSR count). The van der Waals surface area contributed by atoms with Gasteiger partial charge in [0.15, 0.2) is 0 Å². The van der Waals surface area contributed by atoms with E-state index in [4.69, 9.17) is 5.73 Å². The van der Waals surface area contributed by atoms with Crippen molar-refractivity contribution in [1.29, 1.82) is 0 Å². The topological polar surface area (TPSA) is 55.6 Å². The second kappa shape index (κ2) is 4.36. The number of amides is 1. The van der Waals surface area contributed by atoms with Crippen molar-refractivity contribution in [1.82, 2.24) is 4.90 Å². The van der Waals surface area contributed by atoms with Gasteiger partial charge in [-0.05, 0) is 13.3 Å². The van der Waals surface area contributed by atoms with Crippen LogP contribution < -0.4 is 5.73 Å². The van der Waals surface area contributed by atoms with Gasteiger partial charge in [-0.2, -0.15) is 0 Å². The van der Waals surface area contributed by atoms with E-state index >= 15 is 0 Å². The molecule has 1 heterocycles. The fourth-order valence-corrected chi connectivity index (χ4v) is 1.50. The van der Waals surface area contributed by atoms with Gasteiger partial charge < -0.3 is 10.6 Å². The molecule has 15 heavy (non-hydrogen) atoms. The Labute approximate surface area is 85.2 Å². The smallest absolute Gasteiger partial charge is 0.339 e. The van der Waals surface area contributed by atoms with Crippen LogP contribution in [0.5, 0.6) is 0 Å². The minimum absolute atomic E-state index is 0.0418. The molecule has 2 atom stereocenters. The zero-order valence-electron chi connectivity index (χ0n) is 8.25. The van der Waals surface area contributed by atoms with Crippen LogP contribution in [-0.4, -0.2) is 42.4 Å². The van der Waals surface area contributed by atoms with Crippen molar-refractivity contribution in [2.45, 2.75) is 31.9 Å². The van der Waals surface area contributed by atoms with Gasteiger partial charge in [-0.1, -0.05) is 0 Å². The number of carbonyl (C=O) groups is 1. The molecular weight excluding hydrogens is 213 g/mol. The first-order valence-electron chi connectivity index (χ1n) is 4.58. The van der Waals surface area contributed by atoms with E-state index in [0.717, 1.165) is 0 Å². The number of ether oxygens (including phenoxy) is 1. The molecule has 7 heteroatoms. The van der Waals surface area contributed by atoms with Crippen LogP contribution in [-0.2, 0) is 9.53 Å². The molecule has 1 aliphatic heterocycles. The third-order valence-corrected chi connectivity index (χ3v) is 2.15. The largest absolute Gasteiger partial charge is 0.522 e. The molecule has 2 N–H and O–H groups in total. The summed E-state index contributed by atoms with van der Waals surface area (Å²) in [6, 6.07) is -0.686. The highest BCUT2D eigenvalue weighted by atomic mass is 19.4. The molecule has 0 aromatic carbocycles. The molecule has 0 radical (unpaired) electrons.